The smallest absolute Gasteiger partial charge is 0.141 e. The Balaban J connectivity index is 1.21. The van der Waals surface area contributed by atoms with Gasteiger partial charge in [0.05, 0.1) is 5.56 Å². The first-order chi connectivity index (χ1) is 20.3. The predicted octanol–water partition coefficient (Wildman–Crippen LogP) is 10.2. The third kappa shape index (κ3) is 6.56. The minimum atomic E-state index is -0.534. The van der Waals surface area contributed by atoms with Crippen LogP contribution in [0, 0.1) is 46.3 Å². The molecule has 0 saturated heterocycles. The van der Waals surface area contributed by atoms with E-state index in [1.165, 1.54) is 30.3 Å². The maximum atomic E-state index is 15.8. The van der Waals surface area contributed by atoms with E-state index in [-0.39, 0.29) is 40.9 Å². The Morgan fingerprint density at radius 3 is 2.17 bits per heavy atom. The summed E-state index contributed by atoms with van der Waals surface area (Å²) in [5, 5.41) is 8.97. The van der Waals surface area contributed by atoms with Gasteiger partial charge in [0.25, 0.3) is 0 Å². The van der Waals surface area contributed by atoms with Crippen molar-refractivity contribution in [3.8, 4) is 6.07 Å². The summed E-state index contributed by atoms with van der Waals surface area (Å²) in [5.41, 5.74) is 3.04. The van der Waals surface area contributed by atoms with E-state index in [2.05, 4.69) is 6.92 Å². The highest BCUT2D eigenvalue weighted by atomic mass is 19.1. The van der Waals surface area contributed by atoms with Crippen LogP contribution in [0.25, 0.3) is 0 Å². The zero-order chi connectivity index (χ0) is 29.8. The first-order valence-electron chi connectivity index (χ1n) is 15.4. The minimum Gasteiger partial charge on any atom is -0.207 e. The molecule has 0 radical (unpaired) electrons. The fourth-order valence-corrected chi connectivity index (χ4v) is 7.12. The van der Waals surface area contributed by atoms with Crippen molar-refractivity contribution in [3.63, 3.8) is 0 Å². The molecule has 1 saturated carbocycles. The van der Waals surface area contributed by atoms with E-state index in [0.29, 0.717) is 74.5 Å². The highest BCUT2D eigenvalue weighted by molar-refractivity contribution is 5.40. The largest absolute Gasteiger partial charge is 0.207 e. The van der Waals surface area contributed by atoms with E-state index in [9.17, 15) is 13.2 Å². The van der Waals surface area contributed by atoms with Gasteiger partial charge in [-0.3, -0.25) is 0 Å². The fourth-order valence-electron chi connectivity index (χ4n) is 7.12. The topological polar surface area (TPSA) is 23.8 Å². The molecule has 1 unspecified atom stereocenters. The molecule has 6 heteroatoms. The molecule has 1 nitrogen and oxygen atoms in total. The van der Waals surface area contributed by atoms with Crippen molar-refractivity contribution in [2.24, 2.45) is 5.92 Å². The number of hydrogen-bond donors (Lipinski definition) is 0. The number of benzene rings is 3. The molecule has 3 aromatic carbocycles. The second-order valence-corrected chi connectivity index (χ2v) is 12.3. The SMILES string of the molecule is CCCCCc1cc(F)c(CCC2CCc3c(cc(F)c(C4CCC(c5ccc(C#N)c(F)c5)CC4)c3F)C2)c(F)c1. The zero-order valence-corrected chi connectivity index (χ0v) is 24.2. The molecular formula is C36H38F5N. The van der Waals surface area contributed by atoms with E-state index < -0.39 is 29.1 Å². The van der Waals surface area contributed by atoms with Crippen molar-refractivity contribution in [2.75, 3.05) is 0 Å². The van der Waals surface area contributed by atoms with Crippen LogP contribution < -0.4 is 0 Å². The monoisotopic (exact) mass is 579 g/mol. The number of halogens is 5. The van der Waals surface area contributed by atoms with Gasteiger partial charge in [-0.05, 0) is 141 Å². The summed E-state index contributed by atoms with van der Waals surface area (Å²) in [6.45, 7) is 2.09. The third-order valence-corrected chi connectivity index (χ3v) is 9.55. The molecule has 0 heterocycles. The highest BCUT2D eigenvalue weighted by Crippen LogP contribution is 2.44. The average molecular weight is 580 g/mol. The summed E-state index contributed by atoms with van der Waals surface area (Å²) >= 11 is 0. The summed E-state index contributed by atoms with van der Waals surface area (Å²) in [4.78, 5) is 0. The standard InChI is InChI=1S/C36H38F5N/c1-2-3-4-5-23-17-32(38)30(33(39)18-23)15-7-22-6-14-29-28(16-22)20-34(40)35(36(29)41)25-10-8-24(9-11-25)26-12-13-27(21-42)31(37)19-26/h12-13,17-20,22,24-25H,2-11,14-16H2,1H3. The van der Waals surface area contributed by atoms with Crippen molar-refractivity contribution in [1.82, 2.24) is 0 Å². The highest BCUT2D eigenvalue weighted by Gasteiger charge is 2.32. The van der Waals surface area contributed by atoms with E-state index in [1.807, 2.05) is 6.07 Å². The van der Waals surface area contributed by atoms with Gasteiger partial charge in [-0.1, -0.05) is 25.8 Å². The molecular weight excluding hydrogens is 541 g/mol. The summed E-state index contributed by atoms with van der Waals surface area (Å²) < 4.78 is 74.8. The Kier molecular flexibility index (Phi) is 9.66. The van der Waals surface area contributed by atoms with Gasteiger partial charge in [0, 0.05) is 11.1 Å². The van der Waals surface area contributed by atoms with Crippen LogP contribution in [-0.2, 0) is 25.7 Å². The van der Waals surface area contributed by atoms with Gasteiger partial charge >= 0.3 is 0 Å². The first kappa shape index (κ1) is 30.3. The summed E-state index contributed by atoms with van der Waals surface area (Å²) in [7, 11) is 0. The third-order valence-electron chi connectivity index (χ3n) is 9.55. The van der Waals surface area contributed by atoms with E-state index in [0.717, 1.165) is 24.8 Å². The van der Waals surface area contributed by atoms with Crippen molar-refractivity contribution in [3.05, 3.63) is 104 Å². The van der Waals surface area contributed by atoms with Gasteiger partial charge in [0.1, 0.15) is 35.2 Å². The van der Waals surface area contributed by atoms with Crippen LogP contribution in [0.15, 0.2) is 36.4 Å². The van der Waals surface area contributed by atoms with Crippen LogP contribution in [0.2, 0.25) is 0 Å². The maximum absolute atomic E-state index is 15.8. The van der Waals surface area contributed by atoms with Gasteiger partial charge in [-0.15, -0.1) is 0 Å². The Morgan fingerprint density at radius 1 is 0.786 bits per heavy atom. The summed E-state index contributed by atoms with van der Waals surface area (Å²) in [6.07, 6.45) is 8.77. The van der Waals surface area contributed by atoms with Crippen LogP contribution in [0.4, 0.5) is 22.0 Å². The van der Waals surface area contributed by atoms with Crippen LogP contribution in [0.5, 0.6) is 0 Å². The molecule has 0 bridgehead atoms. The van der Waals surface area contributed by atoms with Crippen molar-refractivity contribution >= 4 is 0 Å². The summed E-state index contributed by atoms with van der Waals surface area (Å²) in [5.74, 6) is -2.52. The van der Waals surface area contributed by atoms with Crippen molar-refractivity contribution in [2.45, 2.75) is 102 Å². The number of fused-ring (bicyclic) bond motifs is 1. The van der Waals surface area contributed by atoms with Gasteiger partial charge < -0.3 is 0 Å². The molecule has 42 heavy (non-hydrogen) atoms. The van der Waals surface area contributed by atoms with E-state index in [1.54, 1.807) is 6.07 Å². The molecule has 0 spiro atoms. The second kappa shape index (κ2) is 13.4. The Bertz CT molecular complexity index is 1440. The van der Waals surface area contributed by atoms with Crippen molar-refractivity contribution in [1.29, 1.82) is 5.26 Å². The van der Waals surface area contributed by atoms with Crippen LogP contribution in [0.1, 0.15) is 115 Å². The van der Waals surface area contributed by atoms with Crippen molar-refractivity contribution < 1.29 is 22.0 Å². The Labute approximate surface area is 245 Å². The summed E-state index contributed by atoms with van der Waals surface area (Å²) in [6, 6.07) is 10.9. The number of aryl methyl sites for hydroxylation is 1. The molecule has 0 amide bonds. The fraction of sp³-hybridized carbons (Fsp3) is 0.472. The molecule has 1 atom stereocenters. The lowest BCUT2D eigenvalue weighted by Crippen LogP contribution is -2.21. The average Bonchev–Trinajstić information content (AvgIpc) is 2.97. The predicted molar refractivity (Wildman–Crippen MR) is 155 cm³/mol. The van der Waals surface area contributed by atoms with Gasteiger partial charge in [0.15, 0.2) is 0 Å². The van der Waals surface area contributed by atoms with E-state index in [4.69, 9.17) is 5.26 Å². The molecule has 0 aliphatic heterocycles. The molecule has 1 fully saturated rings. The Morgan fingerprint density at radius 2 is 1.50 bits per heavy atom. The lowest BCUT2D eigenvalue weighted by atomic mass is 9.74. The number of nitrogens with zero attached hydrogens (tertiary/aromatic N) is 1. The lowest BCUT2D eigenvalue weighted by molar-refractivity contribution is 0.368. The number of hydrogen-bond acceptors (Lipinski definition) is 1. The molecule has 5 rings (SSSR count). The second-order valence-electron chi connectivity index (χ2n) is 12.3. The van der Waals surface area contributed by atoms with Crippen LogP contribution in [0.3, 0.4) is 0 Å². The van der Waals surface area contributed by atoms with Crippen LogP contribution >= 0.6 is 0 Å². The molecule has 0 N–H and O–H groups in total. The van der Waals surface area contributed by atoms with E-state index >= 15 is 8.78 Å². The quantitative estimate of drug-likeness (QED) is 0.183. The Hall–Kier alpha value is -3.20. The molecule has 3 aromatic rings. The van der Waals surface area contributed by atoms with Gasteiger partial charge in [-0.2, -0.15) is 5.26 Å². The number of nitriles is 1. The number of rotatable bonds is 9. The molecule has 2 aliphatic carbocycles. The first-order valence-corrected chi connectivity index (χ1v) is 15.4. The minimum absolute atomic E-state index is 0.0130. The number of unbranched alkanes of at least 4 members (excludes halogenated alkanes) is 2. The van der Waals surface area contributed by atoms with Crippen LogP contribution in [-0.4, -0.2) is 0 Å². The lowest BCUT2D eigenvalue weighted by Gasteiger charge is -2.32. The molecule has 0 aromatic heterocycles. The molecule has 2 aliphatic rings. The zero-order valence-electron chi connectivity index (χ0n) is 24.2. The maximum Gasteiger partial charge on any atom is 0.141 e. The molecule has 222 valence electrons. The normalized spacial score (nSPS) is 20.3. The van der Waals surface area contributed by atoms with Gasteiger partial charge in [-0.25, -0.2) is 22.0 Å². The van der Waals surface area contributed by atoms with Gasteiger partial charge in [0.2, 0.25) is 0 Å².